The predicted molar refractivity (Wildman–Crippen MR) is 49.0 cm³/mol. The van der Waals surface area contributed by atoms with Crippen molar-refractivity contribution in [2.24, 2.45) is 4.99 Å². The van der Waals surface area contributed by atoms with Gasteiger partial charge in [0.2, 0.25) is 0 Å². The number of rotatable bonds is 0. The average molecular weight is 161 g/mol. The number of hydrogen-bond donors (Lipinski definition) is 0. The molecule has 0 saturated heterocycles. The first kappa shape index (κ1) is 7.35. The second-order valence-corrected chi connectivity index (χ2v) is 2.81. The van der Waals surface area contributed by atoms with Gasteiger partial charge in [0.05, 0.1) is 6.54 Å². The van der Waals surface area contributed by atoms with Gasteiger partial charge < -0.3 is 4.74 Å². The summed E-state index contributed by atoms with van der Waals surface area (Å²) in [6.07, 6.45) is 0. The van der Waals surface area contributed by atoms with E-state index in [4.69, 9.17) is 4.74 Å². The topological polar surface area (TPSA) is 21.6 Å². The minimum Gasteiger partial charge on any atom is -0.491 e. The number of ether oxygens (including phenoxy) is 1. The molecule has 0 atom stereocenters. The van der Waals surface area contributed by atoms with Crippen LogP contribution in [0.3, 0.4) is 0 Å². The van der Waals surface area contributed by atoms with Gasteiger partial charge in [0.15, 0.2) is 0 Å². The smallest absolute Gasteiger partial charge is 0.128 e. The van der Waals surface area contributed by atoms with Crippen LogP contribution in [0.25, 0.3) is 0 Å². The minimum atomic E-state index is 0.689. The first-order valence-corrected chi connectivity index (χ1v) is 4.11. The highest BCUT2D eigenvalue weighted by atomic mass is 16.5. The first-order valence-electron chi connectivity index (χ1n) is 4.11. The fraction of sp³-hybridized carbons (Fsp3) is 0.300. The van der Waals surface area contributed by atoms with E-state index in [0.717, 1.165) is 23.6 Å². The molecule has 1 heterocycles. The number of para-hydroxylation sites is 1. The fourth-order valence-corrected chi connectivity index (χ4v) is 1.35. The highest BCUT2D eigenvalue weighted by Gasteiger charge is 2.08. The Labute approximate surface area is 71.9 Å². The Kier molecular flexibility index (Phi) is 1.82. The number of fused-ring (bicyclic) bond motifs is 1. The van der Waals surface area contributed by atoms with Gasteiger partial charge in [0.25, 0.3) is 0 Å². The summed E-state index contributed by atoms with van der Waals surface area (Å²) in [7, 11) is 0. The van der Waals surface area contributed by atoms with Gasteiger partial charge in [-0.05, 0) is 19.1 Å². The molecule has 1 aliphatic heterocycles. The van der Waals surface area contributed by atoms with Crippen LogP contribution < -0.4 is 4.74 Å². The molecule has 2 nitrogen and oxygen atoms in total. The summed E-state index contributed by atoms with van der Waals surface area (Å²) in [5.41, 5.74) is 2.19. The highest BCUT2D eigenvalue weighted by molar-refractivity contribution is 6.01. The van der Waals surface area contributed by atoms with Crippen molar-refractivity contribution in [2.45, 2.75) is 6.92 Å². The molecule has 1 aromatic rings. The van der Waals surface area contributed by atoms with Crippen LogP contribution in [0.15, 0.2) is 29.3 Å². The largest absolute Gasteiger partial charge is 0.491 e. The van der Waals surface area contributed by atoms with E-state index in [9.17, 15) is 0 Å². The summed E-state index contributed by atoms with van der Waals surface area (Å²) in [5, 5.41) is 0. The molecule has 62 valence electrons. The van der Waals surface area contributed by atoms with Crippen molar-refractivity contribution in [3.63, 3.8) is 0 Å². The van der Waals surface area contributed by atoms with Gasteiger partial charge in [0.1, 0.15) is 12.4 Å². The Balaban J connectivity index is 2.51. The van der Waals surface area contributed by atoms with E-state index < -0.39 is 0 Å². The van der Waals surface area contributed by atoms with Gasteiger partial charge in [-0.25, -0.2) is 0 Å². The summed E-state index contributed by atoms with van der Waals surface area (Å²) in [6, 6.07) is 8.02. The molecule has 0 amide bonds. The average Bonchev–Trinajstić information content (AvgIpc) is 2.29. The predicted octanol–water partition coefficient (Wildman–Crippen LogP) is 1.89. The van der Waals surface area contributed by atoms with Gasteiger partial charge in [-0.3, -0.25) is 4.99 Å². The van der Waals surface area contributed by atoms with Crippen molar-refractivity contribution in [1.29, 1.82) is 0 Å². The highest BCUT2D eigenvalue weighted by Crippen LogP contribution is 2.20. The van der Waals surface area contributed by atoms with Crippen LogP contribution in [0.2, 0.25) is 0 Å². The van der Waals surface area contributed by atoms with Crippen molar-refractivity contribution < 1.29 is 4.74 Å². The van der Waals surface area contributed by atoms with E-state index in [2.05, 4.69) is 4.99 Å². The zero-order chi connectivity index (χ0) is 8.39. The van der Waals surface area contributed by atoms with Gasteiger partial charge in [-0.2, -0.15) is 0 Å². The second-order valence-electron chi connectivity index (χ2n) is 2.81. The monoisotopic (exact) mass is 161 g/mol. The standard InChI is InChI=1S/C10H11NO/c1-8-9-4-2-3-5-10(9)12-7-6-11-8/h2-5H,6-7H2,1H3. The molecule has 0 bridgehead atoms. The van der Waals surface area contributed by atoms with Crippen molar-refractivity contribution in [3.8, 4) is 5.75 Å². The zero-order valence-electron chi connectivity index (χ0n) is 7.08. The maximum atomic E-state index is 5.50. The molecule has 2 rings (SSSR count). The van der Waals surface area contributed by atoms with Crippen LogP contribution in [0, 0.1) is 0 Å². The Hall–Kier alpha value is -1.31. The van der Waals surface area contributed by atoms with Crippen LogP contribution in [0.1, 0.15) is 12.5 Å². The lowest BCUT2D eigenvalue weighted by molar-refractivity contribution is 0.331. The third-order valence-corrected chi connectivity index (χ3v) is 1.97. The maximum Gasteiger partial charge on any atom is 0.128 e. The minimum absolute atomic E-state index is 0.689. The SMILES string of the molecule is CC1=NCCOc2ccccc21. The van der Waals surface area contributed by atoms with E-state index in [1.807, 2.05) is 31.2 Å². The molecule has 0 fully saturated rings. The molecule has 1 aromatic carbocycles. The Morgan fingerprint density at radius 2 is 2.17 bits per heavy atom. The molecule has 0 unspecified atom stereocenters. The van der Waals surface area contributed by atoms with E-state index >= 15 is 0 Å². The summed E-state index contributed by atoms with van der Waals surface area (Å²) in [6.45, 7) is 3.47. The van der Waals surface area contributed by atoms with E-state index in [1.165, 1.54) is 0 Å². The summed E-state index contributed by atoms with van der Waals surface area (Å²) in [4.78, 5) is 4.36. The van der Waals surface area contributed by atoms with E-state index in [-0.39, 0.29) is 0 Å². The number of aliphatic imine (C=N–C) groups is 1. The maximum absolute atomic E-state index is 5.50. The van der Waals surface area contributed by atoms with Crippen molar-refractivity contribution in [3.05, 3.63) is 29.8 Å². The van der Waals surface area contributed by atoms with Gasteiger partial charge in [-0.1, -0.05) is 12.1 Å². The second kappa shape index (κ2) is 2.97. The Morgan fingerprint density at radius 3 is 3.08 bits per heavy atom. The van der Waals surface area contributed by atoms with E-state index in [0.29, 0.717) is 6.61 Å². The molecule has 0 spiro atoms. The molecule has 0 aliphatic carbocycles. The Bertz CT molecular complexity index is 317. The van der Waals surface area contributed by atoms with Crippen molar-refractivity contribution >= 4 is 5.71 Å². The van der Waals surface area contributed by atoms with Crippen LogP contribution >= 0.6 is 0 Å². The lowest BCUT2D eigenvalue weighted by atomic mass is 10.1. The normalized spacial score (nSPS) is 15.6. The molecular formula is C10H11NO. The molecule has 0 N–H and O–H groups in total. The fourth-order valence-electron chi connectivity index (χ4n) is 1.35. The van der Waals surface area contributed by atoms with Crippen molar-refractivity contribution in [1.82, 2.24) is 0 Å². The third kappa shape index (κ3) is 1.20. The molecule has 0 radical (unpaired) electrons. The molecule has 0 saturated carbocycles. The van der Waals surface area contributed by atoms with Gasteiger partial charge in [-0.15, -0.1) is 0 Å². The van der Waals surface area contributed by atoms with Gasteiger partial charge in [0, 0.05) is 11.3 Å². The van der Waals surface area contributed by atoms with Gasteiger partial charge >= 0.3 is 0 Å². The number of hydrogen-bond acceptors (Lipinski definition) is 2. The van der Waals surface area contributed by atoms with Crippen LogP contribution in [0.5, 0.6) is 5.75 Å². The molecule has 2 heteroatoms. The lowest BCUT2D eigenvalue weighted by Crippen LogP contribution is -1.98. The number of benzene rings is 1. The van der Waals surface area contributed by atoms with Crippen molar-refractivity contribution in [2.75, 3.05) is 13.2 Å². The molecule has 1 aliphatic rings. The quantitative estimate of drug-likeness (QED) is 0.569. The zero-order valence-corrected chi connectivity index (χ0v) is 7.08. The molecule has 0 aromatic heterocycles. The molecular weight excluding hydrogens is 150 g/mol. The van der Waals surface area contributed by atoms with Crippen LogP contribution in [-0.2, 0) is 0 Å². The summed E-state index contributed by atoms with van der Waals surface area (Å²) < 4.78 is 5.50. The van der Waals surface area contributed by atoms with Crippen LogP contribution in [-0.4, -0.2) is 18.9 Å². The number of nitrogens with zero attached hydrogens (tertiary/aromatic N) is 1. The summed E-state index contributed by atoms with van der Waals surface area (Å²) >= 11 is 0. The van der Waals surface area contributed by atoms with Crippen LogP contribution in [0.4, 0.5) is 0 Å². The summed E-state index contributed by atoms with van der Waals surface area (Å²) in [5.74, 6) is 0.955. The third-order valence-electron chi connectivity index (χ3n) is 1.97. The lowest BCUT2D eigenvalue weighted by Gasteiger charge is -2.05. The first-order chi connectivity index (χ1) is 5.88. The Morgan fingerprint density at radius 1 is 1.33 bits per heavy atom. The molecule has 12 heavy (non-hydrogen) atoms. The van der Waals surface area contributed by atoms with E-state index in [1.54, 1.807) is 0 Å².